The highest BCUT2D eigenvalue weighted by Gasteiger charge is 2.40. The van der Waals surface area contributed by atoms with E-state index in [1.54, 1.807) is 54.6 Å². The van der Waals surface area contributed by atoms with Crippen LogP contribution < -0.4 is 9.05 Å². The van der Waals surface area contributed by atoms with E-state index in [1.807, 2.05) is 38.1 Å². The van der Waals surface area contributed by atoms with Gasteiger partial charge in [-0.2, -0.15) is 0 Å². The molecule has 0 aliphatic carbocycles. The van der Waals surface area contributed by atoms with E-state index in [0.717, 1.165) is 11.1 Å². The summed E-state index contributed by atoms with van der Waals surface area (Å²) in [6.45, 7) is 3.64. The van der Waals surface area contributed by atoms with Crippen LogP contribution in [0, 0.1) is 13.8 Å². The molecule has 26 heavy (non-hydrogen) atoms. The lowest BCUT2D eigenvalue weighted by molar-refractivity contribution is 0.104. The van der Waals surface area contributed by atoms with Gasteiger partial charge < -0.3 is 9.05 Å². The molecule has 5 heteroatoms. The van der Waals surface area contributed by atoms with Crippen molar-refractivity contribution in [2.75, 3.05) is 0 Å². The van der Waals surface area contributed by atoms with E-state index < -0.39 is 13.1 Å². The van der Waals surface area contributed by atoms with Crippen molar-refractivity contribution in [3.05, 3.63) is 95.6 Å². The minimum atomic E-state index is -4.17. The third kappa shape index (κ3) is 3.87. The molecule has 3 aromatic carbocycles. The molecule has 0 bridgehead atoms. The number of carbonyl (C=O) groups excluding carboxylic acids is 1. The molecule has 0 unspecified atom stereocenters. The molecule has 0 aliphatic rings. The minimum absolute atomic E-state index is 0.276. The lowest BCUT2D eigenvalue weighted by Gasteiger charge is -2.20. The van der Waals surface area contributed by atoms with Crippen LogP contribution in [0.1, 0.15) is 21.5 Å². The van der Waals surface area contributed by atoms with E-state index in [9.17, 15) is 9.36 Å². The van der Waals surface area contributed by atoms with Crippen LogP contribution in [0.5, 0.6) is 11.5 Å². The highest BCUT2D eigenvalue weighted by atomic mass is 31.2. The summed E-state index contributed by atoms with van der Waals surface area (Å²) in [7, 11) is -4.17. The largest absolute Gasteiger partial charge is 0.503 e. The fourth-order valence-electron chi connectivity index (χ4n) is 2.42. The van der Waals surface area contributed by atoms with Crippen molar-refractivity contribution in [1.29, 1.82) is 0 Å². The number of aryl methyl sites for hydroxylation is 2. The zero-order valence-corrected chi connectivity index (χ0v) is 15.5. The second-order valence-electron chi connectivity index (χ2n) is 5.88. The van der Waals surface area contributed by atoms with E-state index in [-0.39, 0.29) is 5.56 Å². The number of benzene rings is 3. The topological polar surface area (TPSA) is 52.6 Å². The van der Waals surface area contributed by atoms with Gasteiger partial charge in [0, 0.05) is 5.56 Å². The summed E-state index contributed by atoms with van der Waals surface area (Å²) in [6, 6.07) is 22.6. The Labute approximate surface area is 152 Å². The molecule has 0 saturated carbocycles. The summed E-state index contributed by atoms with van der Waals surface area (Å²) in [5.41, 5.74) is 1.13. The maximum atomic E-state index is 13.6. The number of hydrogen-bond acceptors (Lipinski definition) is 4. The van der Waals surface area contributed by atoms with Gasteiger partial charge in [0.25, 0.3) is 5.52 Å². The van der Waals surface area contributed by atoms with Crippen molar-refractivity contribution in [2.24, 2.45) is 0 Å². The first-order valence-corrected chi connectivity index (χ1v) is 9.74. The third-order valence-corrected chi connectivity index (χ3v) is 5.52. The molecule has 0 heterocycles. The van der Waals surface area contributed by atoms with Crippen molar-refractivity contribution in [2.45, 2.75) is 13.8 Å². The van der Waals surface area contributed by atoms with Gasteiger partial charge in [0.15, 0.2) is 0 Å². The van der Waals surface area contributed by atoms with Gasteiger partial charge >= 0.3 is 7.60 Å². The zero-order chi connectivity index (χ0) is 18.6. The Morgan fingerprint density at radius 1 is 0.692 bits per heavy atom. The standard InChI is InChI=1S/C21H19O4P/c1-16-10-6-8-14-19(16)24-26(23,21(22)18-12-4-3-5-13-18)25-20-15-9-7-11-17(20)2/h3-15H,1-2H3. The average Bonchev–Trinajstić information content (AvgIpc) is 2.66. The molecule has 0 aliphatic heterocycles. The maximum absolute atomic E-state index is 13.6. The molecule has 0 amide bonds. The molecule has 3 aromatic rings. The van der Waals surface area contributed by atoms with E-state index in [2.05, 4.69) is 0 Å². The highest BCUT2D eigenvalue weighted by Crippen LogP contribution is 2.52. The quantitative estimate of drug-likeness (QED) is 0.518. The minimum Gasteiger partial charge on any atom is -0.410 e. The first kappa shape index (κ1) is 18.0. The van der Waals surface area contributed by atoms with Crippen LogP contribution in [0.2, 0.25) is 0 Å². The first-order chi connectivity index (χ1) is 12.5. The summed E-state index contributed by atoms with van der Waals surface area (Å²) in [6.07, 6.45) is 0. The Morgan fingerprint density at radius 3 is 1.58 bits per heavy atom. The fourth-order valence-corrected chi connectivity index (χ4v) is 4.01. The van der Waals surface area contributed by atoms with Crippen LogP contribution >= 0.6 is 7.60 Å². The van der Waals surface area contributed by atoms with Gasteiger partial charge in [-0.05, 0) is 37.1 Å². The molecule has 0 N–H and O–H groups in total. The summed E-state index contributed by atoms with van der Waals surface area (Å²) in [5, 5.41) is 0. The van der Waals surface area contributed by atoms with E-state index in [4.69, 9.17) is 9.05 Å². The van der Waals surface area contributed by atoms with Gasteiger partial charge in [0.05, 0.1) is 0 Å². The molecule has 0 atom stereocenters. The summed E-state index contributed by atoms with van der Waals surface area (Å²) < 4.78 is 24.9. The van der Waals surface area contributed by atoms with Crippen molar-refractivity contribution < 1.29 is 18.4 Å². The van der Waals surface area contributed by atoms with Crippen LogP contribution in [0.3, 0.4) is 0 Å². The first-order valence-electron chi connectivity index (χ1n) is 8.20. The Morgan fingerprint density at radius 2 is 1.12 bits per heavy atom. The maximum Gasteiger partial charge on any atom is 0.503 e. The van der Waals surface area contributed by atoms with Crippen LogP contribution in [0.15, 0.2) is 78.9 Å². The van der Waals surface area contributed by atoms with Crippen molar-refractivity contribution in [3.8, 4) is 11.5 Å². The third-order valence-electron chi connectivity index (χ3n) is 3.89. The second kappa shape index (κ2) is 7.59. The molecular weight excluding hydrogens is 347 g/mol. The molecule has 132 valence electrons. The fraction of sp³-hybridized carbons (Fsp3) is 0.0952. The molecule has 0 spiro atoms. The molecule has 0 aromatic heterocycles. The van der Waals surface area contributed by atoms with E-state index in [0.29, 0.717) is 11.5 Å². The van der Waals surface area contributed by atoms with Crippen LogP contribution in [-0.2, 0) is 4.57 Å². The van der Waals surface area contributed by atoms with Crippen LogP contribution in [0.25, 0.3) is 0 Å². The number of carbonyl (C=O) groups is 1. The summed E-state index contributed by atoms with van der Waals surface area (Å²) in [4.78, 5) is 13.0. The van der Waals surface area contributed by atoms with Gasteiger partial charge in [-0.15, -0.1) is 0 Å². The molecule has 4 nitrogen and oxygen atoms in total. The molecule has 0 saturated heterocycles. The predicted octanol–water partition coefficient (Wildman–Crippen LogP) is 5.79. The molecule has 3 rings (SSSR count). The van der Waals surface area contributed by atoms with E-state index >= 15 is 0 Å². The highest BCUT2D eigenvalue weighted by molar-refractivity contribution is 7.73. The van der Waals surface area contributed by atoms with E-state index in [1.165, 1.54) is 0 Å². The Balaban J connectivity index is 2.03. The Hall–Kier alpha value is -2.84. The van der Waals surface area contributed by atoms with Crippen LogP contribution in [-0.4, -0.2) is 5.52 Å². The van der Waals surface area contributed by atoms with Crippen molar-refractivity contribution in [3.63, 3.8) is 0 Å². The molecule has 0 radical (unpaired) electrons. The van der Waals surface area contributed by atoms with Gasteiger partial charge in [0.2, 0.25) is 0 Å². The SMILES string of the molecule is Cc1ccccc1OP(=O)(Oc1ccccc1C)C(=O)c1ccccc1. The number of rotatable bonds is 6. The van der Waals surface area contributed by atoms with Crippen LogP contribution in [0.4, 0.5) is 0 Å². The van der Waals surface area contributed by atoms with Gasteiger partial charge in [0.1, 0.15) is 11.5 Å². The Kier molecular flexibility index (Phi) is 5.24. The average molecular weight is 366 g/mol. The summed E-state index contributed by atoms with van der Waals surface area (Å²) >= 11 is 0. The Bertz CT molecular complexity index is 915. The smallest absolute Gasteiger partial charge is 0.410 e. The van der Waals surface area contributed by atoms with Gasteiger partial charge in [-0.1, -0.05) is 66.7 Å². The second-order valence-corrected chi connectivity index (χ2v) is 7.65. The monoisotopic (exact) mass is 366 g/mol. The lowest BCUT2D eigenvalue weighted by atomic mass is 10.2. The number of para-hydroxylation sites is 2. The lowest BCUT2D eigenvalue weighted by Crippen LogP contribution is -2.12. The van der Waals surface area contributed by atoms with Gasteiger partial charge in [-0.3, -0.25) is 4.79 Å². The predicted molar refractivity (Wildman–Crippen MR) is 102 cm³/mol. The van der Waals surface area contributed by atoms with Crippen molar-refractivity contribution >= 4 is 13.1 Å². The normalized spacial score (nSPS) is 11.0. The number of hydrogen-bond donors (Lipinski definition) is 0. The molecule has 0 fully saturated rings. The van der Waals surface area contributed by atoms with Crippen molar-refractivity contribution in [1.82, 2.24) is 0 Å². The summed E-state index contributed by atoms with van der Waals surface area (Å²) in [5.74, 6) is 0.711. The molecular formula is C21H19O4P. The zero-order valence-electron chi connectivity index (χ0n) is 14.6. The van der Waals surface area contributed by atoms with Gasteiger partial charge in [-0.25, -0.2) is 4.57 Å².